The molecule has 0 spiro atoms. The zero-order valence-corrected chi connectivity index (χ0v) is 20.1. The highest BCUT2D eigenvalue weighted by atomic mass is 16.5. The second kappa shape index (κ2) is 10.6. The highest BCUT2D eigenvalue weighted by molar-refractivity contribution is 6.04. The van der Waals surface area contributed by atoms with Crippen molar-refractivity contribution in [1.29, 1.82) is 0 Å². The van der Waals surface area contributed by atoms with Crippen LogP contribution in [0.5, 0.6) is 0 Å². The van der Waals surface area contributed by atoms with Gasteiger partial charge in [-0.05, 0) is 42.7 Å². The van der Waals surface area contributed by atoms with Crippen LogP contribution < -0.4 is 5.32 Å². The summed E-state index contributed by atoms with van der Waals surface area (Å²) < 4.78 is 7.09. The maximum absolute atomic E-state index is 13.2. The molecule has 1 saturated heterocycles. The summed E-state index contributed by atoms with van der Waals surface area (Å²) in [5.41, 5.74) is 3.70. The average Bonchev–Trinajstić information content (AvgIpc) is 3.67. The van der Waals surface area contributed by atoms with Crippen LogP contribution in [0.25, 0.3) is 16.8 Å². The minimum Gasteiger partial charge on any atom is -0.383 e. The molecule has 0 radical (unpaired) electrons. The molecule has 0 aliphatic carbocycles. The van der Waals surface area contributed by atoms with Crippen LogP contribution in [0.1, 0.15) is 28.9 Å². The largest absolute Gasteiger partial charge is 0.383 e. The van der Waals surface area contributed by atoms with Gasteiger partial charge >= 0.3 is 0 Å². The summed E-state index contributed by atoms with van der Waals surface area (Å²) in [6, 6.07) is 17.0. The van der Waals surface area contributed by atoms with Gasteiger partial charge in [-0.15, -0.1) is 0 Å². The van der Waals surface area contributed by atoms with Crippen LogP contribution in [-0.4, -0.2) is 62.8 Å². The van der Waals surface area contributed by atoms with Crippen molar-refractivity contribution in [2.45, 2.75) is 25.3 Å². The van der Waals surface area contributed by atoms with Crippen molar-refractivity contribution in [1.82, 2.24) is 24.6 Å². The van der Waals surface area contributed by atoms with Crippen molar-refractivity contribution < 1.29 is 14.3 Å². The Labute approximate surface area is 209 Å². The van der Waals surface area contributed by atoms with Crippen LogP contribution in [0, 0.1) is 0 Å². The number of H-pyrrole nitrogens is 1. The molecule has 9 nitrogen and oxygen atoms in total. The molecule has 1 aliphatic rings. The monoisotopic (exact) mass is 484 g/mol. The predicted octanol–water partition coefficient (Wildman–Crippen LogP) is 3.69. The van der Waals surface area contributed by atoms with Crippen LogP contribution in [0.2, 0.25) is 0 Å². The highest BCUT2D eigenvalue weighted by Crippen LogP contribution is 2.23. The molecule has 5 rings (SSSR count). The SMILES string of the molecule is COC[C@@H]1CCCN1C(=O)Cc1cn(-c2ccccc2)c(NC(=O)c2cccc(-c3cn[nH]c3)c2)n1. The van der Waals surface area contributed by atoms with Gasteiger partial charge in [0.05, 0.1) is 31.0 Å². The molecule has 0 bridgehead atoms. The number of anilines is 1. The number of carbonyl (C=O) groups is 2. The zero-order chi connectivity index (χ0) is 24.9. The number of methoxy groups -OCH3 is 1. The first-order valence-corrected chi connectivity index (χ1v) is 11.9. The van der Waals surface area contributed by atoms with Gasteiger partial charge in [-0.2, -0.15) is 5.10 Å². The van der Waals surface area contributed by atoms with Crippen LogP contribution in [-0.2, 0) is 16.0 Å². The van der Waals surface area contributed by atoms with E-state index < -0.39 is 0 Å². The van der Waals surface area contributed by atoms with E-state index in [-0.39, 0.29) is 24.3 Å². The van der Waals surface area contributed by atoms with E-state index in [0.29, 0.717) is 23.8 Å². The van der Waals surface area contributed by atoms with E-state index in [1.807, 2.05) is 59.6 Å². The Morgan fingerprint density at radius 3 is 2.78 bits per heavy atom. The second-order valence-electron chi connectivity index (χ2n) is 8.80. The highest BCUT2D eigenvalue weighted by Gasteiger charge is 2.29. The first-order chi connectivity index (χ1) is 17.6. The number of hydrogen-bond donors (Lipinski definition) is 2. The number of aromatic nitrogens is 4. The Hall–Kier alpha value is -4.24. The zero-order valence-electron chi connectivity index (χ0n) is 20.1. The molecule has 0 saturated carbocycles. The molecule has 9 heteroatoms. The molecule has 3 heterocycles. The van der Waals surface area contributed by atoms with E-state index in [4.69, 9.17) is 4.74 Å². The van der Waals surface area contributed by atoms with Crippen LogP contribution in [0.15, 0.2) is 73.2 Å². The average molecular weight is 485 g/mol. The second-order valence-corrected chi connectivity index (χ2v) is 8.80. The summed E-state index contributed by atoms with van der Waals surface area (Å²) in [5.74, 6) is 0.0798. The number of benzene rings is 2. The summed E-state index contributed by atoms with van der Waals surface area (Å²) in [4.78, 5) is 32.8. The van der Waals surface area contributed by atoms with Crippen LogP contribution in [0.4, 0.5) is 5.95 Å². The molecule has 36 heavy (non-hydrogen) atoms. The van der Waals surface area contributed by atoms with Gasteiger partial charge < -0.3 is 9.64 Å². The van der Waals surface area contributed by atoms with Crippen molar-refractivity contribution >= 4 is 17.8 Å². The van der Waals surface area contributed by atoms with Crippen LogP contribution >= 0.6 is 0 Å². The van der Waals surface area contributed by atoms with Gasteiger partial charge in [-0.25, -0.2) is 4.98 Å². The fourth-order valence-corrected chi connectivity index (χ4v) is 4.60. The van der Waals surface area contributed by atoms with E-state index in [1.54, 1.807) is 30.1 Å². The number of likely N-dealkylation sites (tertiary alicyclic amines) is 1. The molecule has 2 aromatic carbocycles. The van der Waals surface area contributed by atoms with Gasteiger partial charge in [0.15, 0.2) is 0 Å². The van der Waals surface area contributed by atoms with Gasteiger partial charge in [0.25, 0.3) is 5.91 Å². The fraction of sp³-hybridized carbons (Fsp3) is 0.259. The van der Waals surface area contributed by atoms with Crippen molar-refractivity contribution in [3.8, 4) is 16.8 Å². The van der Waals surface area contributed by atoms with E-state index in [1.165, 1.54) is 0 Å². The summed E-state index contributed by atoms with van der Waals surface area (Å²) in [5, 5.41) is 9.70. The quantitative estimate of drug-likeness (QED) is 0.397. The fourth-order valence-electron chi connectivity index (χ4n) is 4.60. The number of nitrogens with zero attached hydrogens (tertiary/aromatic N) is 4. The summed E-state index contributed by atoms with van der Waals surface area (Å²) in [6.07, 6.45) is 7.36. The van der Waals surface area contributed by atoms with Gasteiger partial charge in [0, 0.05) is 42.9 Å². The summed E-state index contributed by atoms with van der Waals surface area (Å²) >= 11 is 0. The lowest BCUT2D eigenvalue weighted by Crippen LogP contribution is -2.39. The summed E-state index contributed by atoms with van der Waals surface area (Å²) in [6.45, 7) is 1.26. The van der Waals surface area contributed by atoms with Crippen LogP contribution in [0.3, 0.4) is 0 Å². The number of ether oxygens (including phenoxy) is 1. The Bertz CT molecular complexity index is 1330. The molecule has 4 aromatic rings. The normalized spacial score (nSPS) is 15.2. The van der Waals surface area contributed by atoms with Crippen molar-refractivity contribution in [3.05, 3.63) is 84.4 Å². The molecule has 0 unspecified atom stereocenters. The first kappa shape index (κ1) is 23.5. The third kappa shape index (κ3) is 5.06. The van der Waals surface area contributed by atoms with Crippen molar-refractivity contribution in [2.75, 3.05) is 25.6 Å². The third-order valence-corrected chi connectivity index (χ3v) is 6.36. The topological polar surface area (TPSA) is 105 Å². The number of carbonyl (C=O) groups excluding carboxylic acids is 2. The van der Waals surface area contributed by atoms with E-state index in [9.17, 15) is 9.59 Å². The lowest BCUT2D eigenvalue weighted by atomic mass is 10.1. The number of para-hydroxylation sites is 1. The maximum Gasteiger partial charge on any atom is 0.258 e. The van der Waals surface area contributed by atoms with Gasteiger partial charge in [-0.1, -0.05) is 30.3 Å². The van der Waals surface area contributed by atoms with Gasteiger partial charge in [-0.3, -0.25) is 24.6 Å². The third-order valence-electron chi connectivity index (χ3n) is 6.36. The number of imidazole rings is 1. The Morgan fingerprint density at radius 1 is 1.14 bits per heavy atom. The molecule has 2 N–H and O–H groups in total. The van der Waals surface area contributed by atoms with Crippen molar-refractivity contribution in [3.63, 3.8) is 0 Å². The lowest BCUT2D eigenvalue weighted by molar-refractivity contribution is -0.132. The maximum atomic E-state index is 13.2. The molecule has 1 aliphatic heterocycles. The van der Waals surface area contributed by atoms with E-state index in [0.717, 1.165) is 36.2 Å². The van der Waals surface area contributed by atoms with Crippen molar-refractivity contribution in [2.24, 2.45) is 0 Å². The molecule has 1 fully saturated rings. The van der Waals surface area contributed by atoms with E-state index >= 15 is 0 Å². The first-order valence-electron chi connectivity index (χ1n) is 11.9. The molecular formula is C27H28N6O3. The Morgan fingerprint density at radius 2 is 2.00 bits per heavy atom. The standard InChI is InChI=1S/C27H28N6O3/c1-36-18-24-11-6-12-32(24)25(34)14-22-17-33(23-9-3-2-4-10-23)27(30-22)31-26(35)20-8-5-7-19(13-20)21-15-28-29-16-21/h2-5,7-10,13,15-17,24H,6,11-12,14,18H2,1H3,(H,28,29)(H,30,31,35)/t24-/m0/s1. The number of rotatable bonds is 8. The smallest absolute Gasteiger partial charge is 0.258 e. The Kier molecular flexibility index (Phi) is 6.90. The summed E-state index contributed by atoms with van der Waals surface area (Å²) in [7, 11) is 1.66. The van der Waals surface area contributed by atoms with Gasteiger partial charge in [0.1, 0.15) is 0 Å². The molecule has 184 valence electrons. The molecule has 2 aromatic heterocycles. The lowest BCUT2D eigenvalue weighted by Gasteiger charge is -2.23. The molecule has 2 amide bonds. The molecule has 1 atom stereocenters. The minimum atomic E-state index is -0.291. The predicted molar refractivity (Wildman–Crippen MR) is 136 cm³/mol. The van der Waals surface area contributed by atoms with Gasteiger partial charge in [0.2, 0.25) is 11.9 Å². The minimum absolute atomic E-state index is 0.0120. The number of amides is 2. The number of nitrogens with one attached hydrogen (secondary N) is 2. The Balaban J connectivity index is 1.39. The number of hydrogen-bond acceptors (Lipinski definition) is 5. The number of aromatic amines is 1. The van der Waals surface area contributed by atoms with E-state index in [2.05, 4.69) is 20.5 Å². The molecular weight excluding hydrogens is 456 g/mol.